The van der Waals surface area contributed by atoms with E-state index in [0.29, 0.717) is 64.8 Å². The van der Waals surface area contributed by atoms with Crippen molar-refractivity contribution in [2.75, 3.05) is 45.0 Å². The van der Waals surface area contributed by atoms with Crippen molar-refractivity contribution in [3.8, 4) is 18.2 Å². The lowest BCUT2D eigenvalue weighted by Gasteiger charge is -2.27. The largest absolute Gasteiger partial charge is 0.444 e. The van der Waals surface area contributed by atoms with E-state index >= 15 is 0 Å². The van der Waals surface area contributed by atoms with Gasteiger partial charge in [-0.1, -0.05) is 30.3 Å². The van der Waals surface area contributed by atoms with E-state index in [1.165, 1.54) is 44.4 Å². The molecule has 3 heterocycles. The summed E-state index contributed by atoms with van der Waals surface area (Å²) in [7, 11) is 0. The molecule has 3 spiro atoms. The first-order valence-corrected chi connectivity index (χ1v) is 26.8. The Bertz CT molecular complexity index is 2620. The van der Waals surface area contributed by atoms with Crippen molar-refractivity contribution >= 4 is 23.7 Å². The molecule has 3 N–H and O–H groups in total. The summed E-state index contributed by atoms with van der Waals surface area (Å²) in [5.74, 6) is 0.640. The predicted molar refractivity (Wildman–Crippen MR) is 282 cm³/mol. The van der Waals surface area contributed by atoms with Crippen LogP contribution in [0.1, 0.15) is 146 Å². The van der Waals surface area contributed by atoms with Crippen molar-refractivity contribution in [3.05, 3.63) is 99.9 Å². The highest BCUT2D eigenvalue weighted by Crippen LogP contribution is 2.50. The van der Waals surface area contributed by atoms with Gasteiger partial charge in [0.05, 0.1) is 37.5 Å². The number of nitrogens with two attached hydrogens (primary N) is 1. The quantitative estimate of drug-likeness (QED) is 0.216. The number of nitrogen functional groups attached to an aromatic ring is 1. The average molecular weight is 1030 g/mol. The van der Waals surface area contributed by atoms with Crippen LogP contribution in [0.4, 0.5) is 28.4 Å². The van der Waals surface area contributed by atoms with E-state index in [2.05, 4.69) is 5.32 Å². The molecule has 75 heavy (non-hydrogen) atoms. The molecule has 3 saturated carbocycles. The van der Waals surface area contributed by atoms with Gasteiger partial charge < -0.3 is 30.3 Å². The van der Waals surface area contributed by atoms with Gasteiger partial charge >= 0.3 is 12.2 Å². The zero-order chi connectivity index (χ0) is 54.6. The summed E-state index contributed by atoms with van der Waals surface area (Å²) >= 11 is 0. The summed E-state index contributed by atoms with van der Waals surface area (Å²) in [5, 5.41) is 29.1. The SMILES string of the molecule is CC(C)(C)OC(=O)N1CCC2(CCC(=O)C2)C1.CC(C)(C)OC(=O)N1CCC2(CCC(Cc3ccc(CC#N)c(F)c3)C2)C1.N#CCc1ccc(CC2CCC3(CCNC3)C2)cc1F.N#CCc1ccc(N)cc1F. The number of nitrogens with zero attached hydrogens (tertiary/aromatic N) is 5. The Morgan fingerprint density at radius 2 is 1.11 bits per heavy atom. The van der Waals surface area contributed by atoms with Crippen LogP contribution in [0.5, 0.6) is 0 Å². The number of hydrogen-bond donors (Lipinski definition) is 2. The number of carbonyl (C=O) groups is 3. The zero-order valence-corrected chi connectivity index (χ0v) is 45.1. The van der Waals surface area contributed by atoms with E-state index in [4.69, 9.17) is 31.0 Å². The minimum Gasteiger partial charge on any atom is -0.444 e. The predicted octanol–water partition coefficient (Wildman–Crippen LogP) is 11.9. The van der Waals surface area contributed by atoms with Gasteiger partial charge in [-0.05, 0) is 189 Å². The maximum absolute atomic E-state index is 14.1. The molecule has 3 aliphatic heterocycles. The van der Waals surface area contributed by atoms with E-state index in [9.17, 15) is 27.6 Å². The van der Waals surface area contributed by atoms with E-state index in [1.807, 2.05) is 76.8 Å². The van der Waals surface area contributed by atoms with Gasteiger partial charge in [0.25, 0.3) is 0 Å². The zero-order valence-electron chi connectivity index (χ0n) is 45.1. The molecular formula is C60H78F3N7O5. The molecule has 0 radical (unpaired) electrons. The van der Waals surface area contributed by atoms with Gasteiger partial charge in [0.2, 0.25) is 0 Å². The van der Waals surface area contributed by atoms with Gasteiger partial charge in [-0.2, -0.15) is 15.8 Å². The van der Waals surface area contributed by atoms with Crippen LogP contribution in [-0.2, 0) is 46.4 Å². The lowest BCUT2D eigenvalue weighted by Crippen LogP contribution is -2.36. The third-order valence-corrected chi connectivity index (χ3v) is 15.8. The highest BCUT2D eigenvalue weighted by atomic mass is 19.1. The number of carbonyl (C=O) groups excluding carboxylic acids is 3. The Labute approximate surface area is 443 Å². The standard InChI is InChI=1S/C22H29FN2O2.C17H21FN2.C13H21NO3.C8H7FN2/c1-21(2,3)27-20(26)25-11-9-22(15-25)8-6-17(14-22)12-16-4-5-18(7-10-24)19(23)13-16;18-16-10-13(1-2-15(16)4-7-19)9-14-3-5-17(11-14)6-8-20-12-17;1-12(2,3)17-11(16)14-7-6-13(9-14)5-4-10(15)8-13;9-8-5-7(11)2-1-6(8)3-4-10/h4-5,13,17H,6-9,11-12,14-15H2,1-3H3;1-2,10,14,20H,3-6,8-9,11-12H2;4-9H2,1-3H3;1-2,5H,3,11H2. The summed E-state index contributed by atoms with van der Waals surface area (Å²) in [6, 6.07) is 20.8. The van der Waals surface area contributed by atoms with E-state index in [-0.39, 0.29) is 53.9 Å². The molecule has 0 bridgehead atoms. The lowest BCUT2D eigenvalue weighted by molar-refractivity contribution is -0.118. The number of hydrogen-bond acceptors (Lipinski definition) is 10. The maximum atomic E-state index is 14.1. The number of halogens is 3. The van der Waals surface area contributed by atoms with Crippen LogP contribution in [-0.4, -0.2) is 78.2 Å². The molecule has 6 fully saturated rings. The number of nitrogens with one attached hydrogen (secondary N) is 1. The van der Waals surface area contributed by atoms with Gasteiger partial charge in [0.1, 0.15) is 34.4 Å². The molecule has 3 aliphatic carbocycles. The normalized spacial score (nSPS) is 24.6. The fraction of sp³-hybridized carbons (Fsp3) is 0.600. The molecule has 3 aromatic rings. The summed E-state index contributed by atoms with van der Waals surface area (Å²) in [6.45, 7) is 16.6. The molecule has 5 atom stereocenters. The van der Waals surface area contributed by atoms with Gasteiger partial charge in [-0.25, -0.2) is 22.8 Å². The second kappa shape index (κ2) is 25.2. The first-order chi connectivity index (χ1) is 35.4. The fourth-order valence-electron chi connectivity index (χ4n) is 12.1. The Morgan fingerprint density at radius 3 is 1.53 bits per heavy atom. The minimum absolute atomic E-state index is 0.0635. The fourth-order valence-corrected chi connectivity index (χ4v) is 12.1. The van der Waals surface area contributed by atoms with Crippen LogP contribution in [0.2, 0.25) is 0 Å². The molecular weight excluding hydrogens is 956 g/mol. The van der Waals surface area contributed by atoms with Crippen LogP contribution in [0, 0.1) is 79.5 Å². The van der Waals surface area contributed by atoms with Crippen molar-refractivity contribution < 1.29 is 37.0 Å². The van der Waals surface area contributed by atoms with E-state index < -0.39 is 17.0 Å². The van der Waals surface area contributed by atoms with Crippen molar-refractivity contribution in [3.63, 3.8) is 0 Å². The van der Waals surface area contributed by atoms with Crippen molar-refractivity contribution in [1.82, 2.24) is 15.1 Å². The Kier molecular flexibility index (Phi) is 19.5. The number of likely N-dealkylation sites (tertiary alicyclic amines) is 2. The van der Waals surface area contributed by atoms with Crippen molar-refractivity contribution in [2.24, 2.45) is 28.1 Å². The Hall–Kier alpha value is -6.11. The average Bonchev–Trinajstić information content (AvgIpc) is 4.22. The number of benzene rings is 3. The molecule has 404 valence electrons. The molecule has 2 amide bonds. The molecule has 12 nitrogen and oxygen atoms in total. The van der Waals surface area contributed by atoms with Crippen molar-refractivity contribution in [2.45, 2.75) is 162 Å². The highest BCUT2D eigenvalue weighted by Gasteiger charge is 2.47. The smallest absolute Gasteiger partial charge is 0.410 e. The van der Waals surface area contributed by atoms with Crippen LogP contribution in [0.3, 0.4) is 0 Å². The van der Waals surface area contributed by atoms with E-state index in [1.54, 1.807) is 35.2 Å². The summed E-state index contributed by atoms with van der Waals surface area (Å²) in [6.07, 6.45) is 14.5. The van der Waals surface area contributed by atoms with Crippen molar-refractivity contribution in [1.29, 1.82) is 15.8 Å². The topological polar surface area (TPSA) is 186 Å². The summed E-state index contributed by atoms with van der Waals surface area (Å²) < 4.78 is 51.6. The van der Waals surface area contributed by atoms with Gasteiger partial charge in [0, 0.05) is 67.9 Å². The molecule has 3 saturated heterocycles. The minimum atomic E-state index is -0.465. The molecule has 5 unspecified atom stereocenters. The Morgan fingerprint density at radius 1 is 0.653 bits per heavy atom. The molecule has 6 aliphatic rings. The molecule has 15 heteroatoms. The van der Waals surface area contributed by atoms with Crippen LogP contribution >= 0.6 is 0 Å². The number of anilines is 1. The third-order valence-electron chi connectivity index (χ3n) is 15.8. The number of ether oxygens (including phenoxy) is 2. The number of rotatable bonds is 7. The monoisotopic (exact) mass is 1030 g/mol. The van der Waals surface area contributed by atoms with Gasteiger partial charge in [-0.15, -0.1) is 0 Å². The molecule has 3 aromatic carbocycles. The number of nitriles is 3. The summed E-state index contributed by atoms with van der Waals surface area (Å²) in [4.78, 5) is 39.2. The first-order valence-electron chi connectivity index (χ1n) is 26.8. The summed E-state index contributed by atoms with van der Waals surface area (Å²) in [5.41, 5.74) is 9.01. The van der Waals surface area contributed by atoms with Crippen LogP contribution in [0.25, 0.3) is 0 Å². The lowest BCUT2D eigenvalue weighted by atomic mass is 9.83. The number of Topliss-reactive ketones (excluding diaryl/α,β-unsaturated/α-hetero) is 1. The van der Waals surface area contributed by atoms with Crippen LogP contribution < -0.4 is 11.1 Å². The number of amides is 2. The maximum Gasteiger partial charge on any atom is 0.410 e. The molecule has 9 rings (SSSR count). The van der Waals surface area contributed by atoms with Gasteiger partial charge in [-0.3, -0.25) is 4.79 Å². The second-order valence-corrected chi connectivity index (χ2v) is 24.3. The van der Waals surface area contributed by atoms with Crippen LogP contribution in [0.15, 0.2) is 54.6 Å². The second-order valence-electron chi connectivity index (χ2n) is 24.3. The Balaban J connectivity index is 0.000000170. The molecule has 0 aromatic heterocycles. The third kappa shape index (κ3) is 16.9. The van der Waals surface area contributed by atoms with Gasteiger partial charge in [0.15, 0.2) is 0 Å². The highest BCUT2D eigenvalue weighted by molar-refractivity contribution is 5.82. The van der Waals surface area contributed by atoms with E-state index in [0.717, 1.165) is 88.7 Å². The number of ketones is 1. The first kappa shape index (κ1) is 58.2.